The van der Waals surface area contributed by atoms with Gasteiger partial charge in [-0.3, -0.25) is 0 Å². The molecule has 0 aromatic carbocycles. The first-order valence-electron chi connectivity index (χ1n) is 5.40. The van der Waals surface area contributed by atoms with Crippen molar-refractivity contribution in [2.45, 2.75) is 31.7 Å². The van der Waals surface area contributed by atoms with Crippen LogP contribution in [-0.4, -0.2) is 44.2 Å². The maximum absolute atomic E-state index is 11.7. The minimum absolute atomic E-state index is 0.213. The monoisotopic (exact) mass is 218 g/mol. The molecule has 14 heavy (non-hydrogen) atoms. The zero-order chi connectivity index (χ0) is 10.0. The Morgan fingerprint density at radius 3 is 2.79 bits per heavy atom. The zero-order valence-electron chi connectivity index (χ0n) is 8.41. The molecule has 1 N–H and O–H groups in total. The molecule has 2 heterocycles. The smallest absolute Gasteiger partial charge is 0.214 e. The fourth-order valence-electron chi connectivity index (χ4n) is 2.32. The van der Waals surface area contributed by atoms with Crippen molar-refractivity contribution in [3.63, 3.8) is 0 Å². The highest BCUT2D eigenvalue weighted by Crippen LogP contribution is 2.21. The van der Waals surface area contributed by atoms with Crippen molar-refractivity contribution < 1.29 is 8.42 Å². The molecule has 1 atom stereocenters. The molecule has 0 bridgehead atoms. The Morgan fingerprint density at radius 1 is 1.21 bits per heavy atom. The van der Waals surface area contributed by atoms with Gasteiger partial charge < -0.3 is 5.32 Å². The largest absolute Gasteiger partial charge is 0.315 e. The molecular formula is C9H18N2O2S. The lowest BCUT2D eigenvalue weighted by molar-refractivity contribution is 0.323. The lowest BCUT2D eigenvalue weighted by Gasteiger charge is -2.24. The van der Waals surface area contributed by atoms with Crippen LogP contribution in [-0.2, 0) is 10.0 Å². The van der Waals surface area contributed by atoms with Gasteiger partial charge >= 0.3 is 0 Å². The molecule has 2 fully saturated rings. The molecule has 0 amide bonds. The fourth-order valence-corrected chi connectivity index (χ4v) is 4.09. The van der Waals surface area contributed by atoms with E-state index in [1.165, 1.54) is 6.42 Å². The average Bonchev–Trinajstić information content (AvgIpc) is 2.41. The van der Waals surface area contributed by atoms with Crippen molar-refractivity contribution in [1.29, 1.82) is 0 Å². The summed E-state index contributed by atoms with van der Waals surface area (Å²) in [5.41, 5.74) is 0. The van der Waals surface area contributed by atoms with E-state index in [0.717, 1.165) is 38.9 Å². The van der Waals surface area contributed by atoms with E-state index in [0.29, 0.717) is 5.75 Å². The quantitative estimate of drug-likeness (QED) is 0.682. The van der Waals surface area contributed by atoms with Crippen LogP contribution in [0.2, 0.25) is 0 Å². The second kappa shape index (κ2) is 4.16. The van der Waals surface area contributed by atoms with Crippen LogP contribution in [0.4, 0.5) is 0 Å². The summed E-state index contributed by atoms with van der Waals surface area (Å²) in [7, 11) is -2.91. The van der Waals surface area contributed by atoms with Crippen molar-refractivity contribution in [3.05, 3.63) is 0 Å². The molecule has 2 aliphatic heterocycles. The summed E-state index contributed by atoms with van der Waals surface area (Å²) in [5, 5.41) is 3.31. The summed E-state index contributed by atoms with van der Waals surface area (Å²) in [6, 6.07) is 0.213. The predicted molar refractivity (Wildman–Crippen MR) is 55.6 cm³/mol. The highest BCUT2D eigenvalue weighted by atomic mass is 32.2. The van der Waals surface area contributed by atoms with E-state index in [4.69, 9.17) is 0 Å². The standard InChI is InChI=1S/C9H18N2O2S/c12-14(13)7-3-6-11(14)9-4-1-2-5-10-8-9/h9-10H,1-8H2. The highest BCUT2D eigenvalue weighted by Gasteiger charge is 2.34. The maximum atomic E-state index is 11.7. The summed E-state index contributed by atoms with van der Waals surface area (Å²) < 4.78 is 25.1. The van der Waals surface area contributed by atoms with Gasteiger partial charge in [0.1, 0.15) is 0 Å². The number of nitrogens with zero attached hydrogens (tertiary/aromatic N) is 1. The molecule has 2 aliphatic rings. The van der Waals surface area contributed by atoms with Gasteiger partial charge in [0, 0.05) is 19.1 Å². The third kappa shape index (κ3) is 2.10. The summed E-state index contributed by atoms with van der Waals surface area (Å²) in [6.07, 6.45) is 4.14. The molecule has 0 radical (unpaired) electrons. The van der Waals surface area contributed by atoms with Crippen LogP contribution in [0.1, 0.15) is 25.7 Å². The molecule has 82 valence electrons. The third-order valence-corrected chi connectivity index (χ3v) is 5.07. The van der Waals surface area contributed by atoms with E-state index in [9.17, 15) is 8.42 Å². The van der Waals surface area contributed by atoms with Gasteiger partial charge in [0.05, 0.1) is 5.75 Å². The minimum atomic E-state index is -2.91. The van der Waals surface area contributed by atoms with Gasteiger partial charge in [0.25, 0.3) is 0 Å². The molecule has 0 saturated carbocycles. The first-order chi connectivity index (χ1) is 6.70. The van der Waals surface area contributed by atoms with Crippen LogP contribution in [0.5, 0.6) is 0 Å². The second-order valence-electron chi connectivity index (χ2n) is 4.13. The van der Waals surface area contributed by atoms with E-state index in [1.807, 2.05) is 0 Å². The Morgan fingerprint density at radius 2 is 2.07 bits per heavy atom. The lowest BCUT2D eigenvalue weighted by atomic mass is 10.1. The van der Waals surface area contributed by atoms with Crippen LogP contribution in [0.25, 0.3) is 0 Å². The maximum Gasteiger partial charge on any atom is 0.214 e. The zero-order valence-corrected chi connectivity index (χ0v) is 9.22. The van der Waals surface area contributed by atoms with Crippen molar-refractivity contribution in [2.24, 2.45) is 0 Å². The molecule has 0 spiro atoms. The van der Waals surface area contributed by atoms with Gasteiger partial charge in [-0.05, 0) is 25.8 Å². The predicted octanol–water partition coefficient (Wildman–Crippen LogP) is 0.164. The Hall–Kier alpha value is -0.130. The van der Waals surface area contributed by atoms with Crippen molar-refractivity contribution in [3.8, 4) is 0 Å². The topological polar surface area (TPSA) is 49.4 Å². The number of hydrogen-bond donors (Lipinski definition) is 1. The molecule has 1 unspecified atom stereocenters. The SMILES string of the molecule is O=S1(=O)CCCN1C1CCCCNC1. The van der Waals surface area contributed by atoms with Crippen LogP contribution >= 0.6 is 0 Å². The number of nitrogens with one attached hydrogen (secondary N) is 1. The molecule has 5 heteroatoms. The van der Waals surface area contributed by atoms with E-state index < -0.39 is 10.0 Å². The van der Waals surface area contributed by atoms with Crippen molar-refractivity contribution >= 4 is 10.0 Å². The summed E-state index contributed by atoms with van der Waals surface area (Å²) >= 11 is 0. The van der Waals surface area contributed by atoms with Crippen LogP contribution in [0.15, 0.2) is 0 Å². The minimum Gasteiger partial charge on any atom is -0.315 e. The molecule has 2 saturated heterocycles. The van der Waals surface area contributed by atoms with Crippen molar-refractivity contribution in [1.82, 2.24) is 9.62 Å². The van der Waals surface area contributed by atoms with Gasteiger partial charge in [-0.1, -0.05) is 6.42 Å². The average molecular weight is 218 g/mol. The Kier molecular flexibility index (Phi) is 3.09. The molecule has 0 aromatic rings. The van der Waals surface area contributed by atoms with E-state index >= 15 is 0 Å². The Labute approximate surface area is 85.7 Å². The van der Waals surface area contributed by atoms with E-state index in [2.05, 4.69) is 5.32 Å². The Bertz CT molecular complexity index is 281. The first-order valence-corrected chi connectivity index (χ1v) is 7.01. The van der Waals surface area contributed by atoms with Gasteiger partial charge in [-0.25, -0.2) is 8.42 Å². The third-order valence-electron chi connectivity index (χ3n) is 3.07. The summed E-state index contributed by atoms with van der Waals surface area (Å²) in [6.45, 7) is 2.60. The summed E-state index contributed by atoms with van der Waals surface area (Å²) in [5.74, 6) is 0.351. The number of hydrogen-bond acceptors (Lipinski definition) is 3. The highest BCUT2D eigenvalue weighted by molar-refractivity contribution is 7.89. The second-order valence-corrected chi connectivity index (χ2v) is 6.18. The molecular weight excluding hydrogens is 200 g/mol. The number of sulfonamides is 1. The van der Waals surface area contributed by atoms with Gasteiger partial charge in [0.15, 0.2) is 0 Å². The van der Waals surface area contributed by atoms with Crippen LogP contribution in [0, 0.1) is 0 Å². The van der Waals surface area contributed by atoms with Gasteiger partial charge in [0.2, 0.25) is 10.0 Å². The van der Waals surface area contributed by atoms with E-state index in [1.54, 1.807) is 4.31 Å². The van der Waals surface area contributed by atoms with Crippen LogP contribution < -0.4 is 5.32 Å². The van der Waals surface area contributed by atoms with Gasteiger partial charge in [-0.2, -0.15) is 4.31 Å². The van der Waals surface area contributed by atoms with E-state index in [-0.39, 0.29) is 6.04 Å². The number of rotatable bonds is 1. The Balaban J connectivity index is 2.05. The summed E-state index contributed by atoms with van der Waals surface area (Å²) in [4.78, 5) is 0. The molecule has 4 nitrogen and oxygen atoms in total. The van der Waals surface area contributed by atoms with Crippen LogP contribution in [0.3, 0.4) is 0 Å². The first kappa shape index (κ1) is 10.4. The van der Waals surface area contributed by atoms with Crippen molar-refractivity contribution in [2.75, 3.05) is 25.4 Å². The van der Waals surface area contributed by atoms with Gasteiger partial charge in [-0.15, -0.1) is 0 Å². The molecule has 0 aromatic heterocycles. The lowest BCUT2D eigenvalue weighted by Crippen LogP contribution is -2.42. The normalized spacial score (nSPS) is 34.1. The molecule has 0 aliphatic carbocycles. The molecule has 2 rings (SSSR count). The fraction of sp³-hybridized carbons (Fsp3) is 1.00.